The number of hydrogen-bond acceptors (Lipinski definition) is 3. The van der Waals surface area contributed by atoms with E-state index in [2.05, 4.69) is 113 Å². The van der Waals surface area contributed by atoms with E-state index in [4.69, 9.17) is 4.74 Å². The number of aromatic nitrogens is 1. The van der Waals surface area contributed by atoms with E-state index in [1.165, 1.54) is 31.2 Å². The predicted octanol–water partition coefficient (Wildman–Crippen LogP) is 9.57. The molecule has 8 rings (SSSR count). The molecule has 1 aliphatic rings. The van der Waals surface area contributed by atoms with Crippen LogP contribution in [-0.4, -0.2) is 4.57 Å². The van der Waals surface area contributed by atoms with Gasteiger partial charge in [0.25, 0.3) is 0 Å². The van der Waals surface area contributed by atoms with Crippen LogP contribution in [0.2, 0.25) is 0 Å². The zero-order valence-electron chi connectivity index (χ0n) is 19.3. The molecule has 3 nitrogen and oxygen atoms in total. The van der Waals surface area contributed by atoms with E-state index in [1.54, 1.807) is 0 Å². The molecule has 0 aliphatic carbocycles. The Labute approximate surface area is 212 Å². The third-order valence-electron chi connectivity index (χ3n) is 6.97. The van der Waals surface area contributed by atoms with Crippen LogP contribution in [0.5, 0.6) is 11.5 Å². The van der Waals surface area contributed by atoms with E-state index >= 15 is 0 Å². The molecule has 170 valence electrons. The molecule has 0 saturated carbocycles. The van der Waals surface area contributed by atoms with Gasteiger partial charge in [0.15, 0.2) is 11.5 Å². The minimum absolute atomic E-state index is 0.848. The maximum absolute atomic E-state index is 6.51. The minimum atomic E-state index is 0.848. The summed E-state index contributed by atoms with van der Waals surface area (Å²) in [6.07, 6.45) is 0. The Hall–Kier alpha value is -4.54. The van der Waals surface area contributed by atoms with Crippen molar-refractivity contribution in [3.05, 3.63) is 121 Å². The summed E-state index contributed by atoms with van der Waals surface area (Å²) in [5, 5.41) is 2.56. The molecule has 7 aromatic rings. The van der Waals surface area contributed by atoms with Crippen molar-refractivity contribution in [2.24, 2.45) is 0 Å². The molecule has 3 heterocycles. The molecular formula is C32H20N2OS. The Bertz CT molecular complexity index is 1930. The quantitative estimate of drug-likeness (QED) is 0.245. The molecule has 5 aromatic carbocycles. The van der Waals surface area contributed by atoms with Crippen molar-refractivity contribution in [2.75, 3.05) is 4.90 Å². The summed E-state index contributed by atoms with van der Waals surface area (Å²) in [5.41, 5.74) is 6.75. The van der Waals surface area contributed by atoms with E-state index in [1.807, 2.05) is 29.5 Å². The third kappa shape index (κ3) is 2.73. The van der Waals surface area contributed by atoms with Crippen LogP contribution in [0.15, 0.2) is 121 Å². The first kappa shape index (κ1) is 19.7. The first-order chi connectivity index (χ1) is 17.9. The lowest BCUT2D eigenvalue weighted by Crippen LogP contribution is -2.15. The molecule has 0 saturated heterocycles. The van der Waals surface area contributed by atoms with E-state index in [0.29, 0.717) is 0 Å². The molecule has 0 radical (unpaired) electrons. The highest BCUT2D eigenvalue weighted by atomic mass is 32.1. The molecule has 0 atom stereocenters. The normalized spacial score (nSPS) is 12.6. The average molecular weight is 481 g/mol. The smallest absolute Gasteiger partial charge is 0.153 e. The number of nitrogens with zero attached hydrogens (tertiary/aromatic N) is 2. The van der Waals surface area contributed by atoms with Gasteiger partial charge in [-0.25, -0.2) is 0 Å². The number of benzene rings is 5. The minimum Gasteiger partial charge on any atom is -0.453 e. The van der Waals surface area contributed by atoms with Gasteiger partial charge >= 0.3 is 0 Å². The van der Waals surface area contributed by atoms with Crippen LogP contribution in [-0.2, 0) is 0 Å². The molecule has 0 N–H and O–H groups in total. The van der Waals surface area contributed by atoms with Gasteiger partial charge in [0.2, 0.25) is 0 Å². The first-order valence-corrected chi connectivity index (χ1v) is 12.9. The summed E-state index contributed by atoms with van der Waals surface area (Å²) < 4.78 is 11.5. The second kappa shape index (κ2) is 7.48. The van der Waals surface area contributed by atoms with Crippen LogP contribution in [0.25, 0.3) is 36.9 Å². The molecule has 0 fully saturated rings. The SMILES string of the molecule is c1ccc(N2c3ccccc3Oc3cc(-n4c5ccccc5c5sc6ccccc6c54)ccc32)cc1. The summed E-state index contributed by atoms with van der Waals surface area (Å²) >= 11 is 1.86. The molecular weight excluding hydrogens is 460 g/mol. The Morgan fingerprint density at radius 1 is 0.556 bits per heavy atom. The highest BCUT2D eigenvalue weighted by Gasteiger charge is 2.26. The van der Waals surface area contributed by atoms with Crippen LogP contribution in [0.3, 0.4) is 0 Å². The standard InChI is InChI=1S/C32H20N2OS/c1-2-10-21(11-3-1)33-26-15-7-8-16-28(26)35-29-20-22(18-19-27(29)33)34-25-14-6-4-12-23(25)32-31(34)24-13-5-9-17-30(24)36-32/h1-20H. The van der Waals surface area contributed by atoms with Gasteiger partial charge in [0, 0.05) is 27.2 Å². The number of para-hydroxylation sites is 4. The number of fused-ring (bicyclic) bond motifs is 7. The van der Waals surface area contributed by atoms with Crippen molar-refractivity contribution in [3.8, 4) is 17.2 Å². The zero-order chi connectivity index (χ0) is 23.6. The van der Waals surface area contributed by atoms with Crippen LogP contribution in [0.4, 0.5) is 17.1 Å². The summed E-state index contributed by atoms with van der Waals surface area (Å²) in [4.78, 5) is 2.28. The lowest BCUT2D eigenvalue weighted by atomic mass is 10.1. The Morgan fingerprint density at radius 3 is 2.19 bits per heavy atom. The molecule has 0 unspecified atom stereocenters. The second-order valence-corrected chi connectivity index (χ2v) is 10.1. The molecule has 0 amide bonds. The largest absolute Gasteiger partial charge is 0.453 e. The van der Waals surface area contributed by atoms with Crippen molar-refractivity contribution in [1.29, 1.82) is 0 Å². The molecule has 4 heteroatoms. The summed E-state index contributed by atoms with van der Waals surface area (Å²) in [7, 11) is 0. The van der Waals surface area contributed by atoms with Crippen LogP contribution in [0.1, 0.15) is 0 Å². The number of thiophene rings is 1. The fourth-order valence-electron chi connectivity index (χ4n) is 5.43. The van der Waals surface area contributed by atoms with Crippen molar-refractivity contribution in [2.45, 2.75) is 0 Å². The lowest BCUT2D eigenvalue weighted by molar-refractivity contribution is 0.477. The highest BCUT2D eigenvalue weighted by molar-refractivity contribution is 7.26. The maximum Gasteiger partial charge on any atom is 0.153 e. The molecule has 0 spiro atoms. The monoisotopic (exact) mass is 480 g/mol. The van der Waals surface area contributed by atoms with Gasteiger partial charge in [-0.3, -0.25) is 0 Å². The lowest BCUT2D eigenvalue weighted by Gasteiger charge is -2.33. The average Bonchev–Trinajstić information content (AvgIpc) is 3.47. The first-order valence-electron chi connectivity index (χ1n) is 12.0. The summed E-state index contributed by atoms with van der Waals surface area (Å²) in [5.74, 6) is 1.70. The fraction of sp³-hybridized carbons (Fsp3) is 0. The zero-order valence-corrected chi connectivity index (χ0v) is 20.1. The Kier molecular flexibility index (Phi) is 4.10. The molecule has 2 aromatic heterocycles. The number of ether oxygens (including phenoxy) is 1. The van der Waals surface area contributed by atoms with Gasteiger partial charge in [-0.05, 0) is 48.5 Å². The van der Waals surface area contributed by atoms with Gasteiger partial charge in [0.1, 0.15) is 0 Å². The van der Waals surface area contributed by atoms with E-state index < -0.39 is 0 Å². The van der Waals surface area contributed by atoms with Crippen molar-refractivity contribution < 1.29 is 4.74 Å². The van der Waals surface area contributed by atoms with Crippen molar-refractivity contribution in [3.63, 3.8) is 0 Å². The van der Waals surface area contributed by atoms with Gasteiger partial charge < -0.3 is 14.2 Å². The van der Waals surface area contributed by atoms with E-state index in [-0.39, 0.29) is 0 Å². The van der Waals surface area contributed by atoms with Crippen LogP contribution in [0, 0.1) is 0 Å². The van der Waals surface area contributed by atoms with Crippen LogP contribution < -0.4 is 9.64 Å². The number of anilines is 3. The highest BCUT2D eigenvalue weighted by Crippen LogP contribution is 2.51. The van der Waals surface area contributed by atoms with Crippen molar-refractivity contribution in [1.82, 2.24) is 4.57 Å². The number of hydrogen-bond donors (Lipinski definition) is 0. The van der Waals surface area contributed by atoms with Gasteiger partial charge in [0.05, 0.1) is 32.8 Å². The van der Waals surface area contributed by atoms with Gasteiger partial charge in [-0.1, -0.05) is 66.7 Å². The topological polar surface area (TPSA) is 17.4 Å². The molecule has 36 heavy (non-hydrogen) atoms. The molecule has 1 aliphatic heterocycles. The van der Waals surface area contributed by atoms with Crippen molar-refractivity contribution >= 4 is 59.6 Å². The summed E-state index contributed by atoms with van der Waals surface area (Å²) in [6, 6.07) is 42.7. The summed E-state index contributed by atoms with van der Waals surface area (Å²) in [6.45, 7) is 0. The van der Waals surface area contributed by atoms with E-state index in [0.717, 1.165) is 34.2 Å². The Balaban J connectivity index is 1.40. The van der Waals surface area contributed by atoms with Gasteiger partial charge in [-0.2, -0.15) is 0 Å². The fourth-order valence-corrected chi connectivity index (χ4v) is 6.65. The van der Waals surface area contributed by atoms with Gasteiger partial charge in [-0.15, -0.1) is 11.3 Å². The molecule has 0 bridgehead atoms. The maximum atomic E-state index is 6.51. The third-order valence-corrected chi connectivity index (χ3v) is 8.16. The number of rotatable bonds is 2. The van der Waals surface area contributed by atoms with Crippen LogP contribution >= 0.6 is 11.3 Å². The second-order valence-electron chi connectivity index (χ2n) is 9.02. The Morgan fingerprint density at radius 2 is 1.28 bits per heavy atom. The van der Waals surface area contributed by atoms with E-state index in [9.17, 15) is 0 Å². The predicted molar refractivity (Wildman–Crippen MR) is 151 cm³/mol.